The third kappa shape index (κ3) is 3.25. The maximum Gasteiger partial charge on any atom is 0.0923 e. The zero-order valence-electron chi connectivity index (χ0n) is 13.0. The first-order chi connectivity index (χ1) is 10.8. The van der Waals surface area contributed by atoms with Gasteiger partial charge < -0.3 is 16.0 Å². The average Bonchev–Trinajstić information content (AvgIpc) is 2.99. The lowest BCUT2D eigenvalue weighted by Crippen LogP contribution is -2.30. The van der Waals surface area contributed by atoms with Gasteiger partial charge in [-0.3, -0.25) is 0 Å². The highest BCUT2D eigenvalue weighted by atomic mass is 15.1. The third-order valence-corrected chi connectivity index (χ3v) is 4.14. The van der Waals surface area contributed by atoms with Gasteiger partial charge in [0.1, 0.15) is 0 Å². The summed E-state index contributed by atoms with van der Waals surface area (Å²) in [5.41, 5.74) is 9.60. The van der Waals surface area contributed by atoms with Crippen molar-refractivity contribution in [2.24, 2.45) is 11.7 Å². The van der Waals surface area contributed by atoms with E-state index in [0.29, 0.717) is 5.92 Å². The van der Waals surface area contributed by atoms with Gasteiger partial charge in [-0.15, -0.1) is 0 Å². The molecule has 0 aromatic heterocycles. The van der Waals surface area contributed by atoms with Gasteiger partial charge in [-0.25, -0.2) is 0 Å². The summed E-state index contributed by atoms with van der Waals surface area (Å²) in [4.78, 5) is 2.41. The van der Waals surface area contributed by atoms with Gasteiger partial charge in [0.2, 0.25) is 0 Å². The molecule has 2 aromatic carbocycles. The van der Waals surface area contributed by atoms with Crippen LogP contribution in [0.25, 0.3) is 11.1 Å². The van der Waals surface area contributed by atoms with E-state index in [1.165, 1.54) is 16.8 Å². The van der Waals surface area contributed by atoms with Crippen LogP contribution in [0.2, 0.25) is 0 Å². The van der Waals surface area contributed by atoms with E-state index in [1.54, 1.807) is 0 Å². The molecule has 3 heteroatoms. The van der Waals surface area contributed by atoms with E-state index in [4.69, 9.17) is 5.73 Å². The van der Waals surface area contributed by atoms with E-state index in [-0.39, 0.29) is 0 Å². The minimum absolute atomic E-state index is 0.473. The minimum atomic E-state index is 0.473. The molecule has 0 saturated carbocycles. The van der Waals surface area contributed by atoms with E-state index in [1.807, 2.05) is 0 Å². The fraction of sp³-hybridized carbons (Fsp3) is 0.263. The fourth-order valence-corrected chi connectivity index (χ4v) is 2.95. The van der Waals surface area contributed by atoms with Crippen LogP contribution in [0.3, 0.4) is 0 Å². The summed E-state index contributed by atoms with van der Waals surface area (Å²) in [7, 11) is 0. The first kappa shape index (κ1) is 14.5. The number of nitrogens with one attached hydrogen (secondary N) is 1. The molecule has 3 nitrogen and oxygen atoms in total. The Morgan fingerprint density at radius 2 is 1.86 bits per heavy atom. The molecular formula is C19H23N3. The SMILES string of the molecule is CCN(C[C@H]1C=C(N)NC1)c1cccc(-c2ccccc2)c1. The molecule has 0 unspecified atom stereocenters. The van der Waals surface area contributed by atoms with Crippen molar-refractivity contribution in [1.29, 1.82) is 0 Å². The molecule has 0 spiro atoms. The summed E-state index contributed by atoms with van der Waals surface area (Å²) in [5.74, 6) is 1.28. The quantitative estimate of drug-likeness (QED) is 0.889. The summed E-state index contributed by atoms with van der Waals surface area (Å²) in [5, 5.41) is 3.20. The molecule has 0 radical (unpaired) electrons. The van der Waals surface area contributed by atoms with Crippen molar-refractivity contribution < 1.29 is 0 Å². The second-order valence-electron chi connectivity index (χ2n) is 5.72. The van der Waals surface area contributed by atoms with Crippen LogP contribution in [0.15, 0.2) is 66.5 Å². The van der Waals surface area contributed by atoms with E-state index in [2.05, 4.69) is 77.8 Å². The van der Waals surface area contributed by atoms with Gasteiger partial charge in [0.05, 0.1) is 5.82 Å². The Morgan fingerprint density at radius 1 is 1.09 bits per heavy atom. The minimum Gasteiger partial charge on any atom is -0.386 e. The Bertz CT molecular complexity index is 649. The molecule has 0 saturated heterocycles. The van der Waals surface area contributed by atoms with Crippen molar-refractivity contribution in [3.05, 3.63) is 66.5 Å². The van der Waals surface area contributed by atoms with Gasteiger partial charge in [-0.1, -0.05) is 42.5 Å². The van der Waals surface area contributed by atoms with Gasteiger partial charge in [-0.2, -0.15) is 0 Å². The molecule has 0 aliphatic carbocycles. The van der Waals surface area contributed by atoms with Crippen molar-refractivity contribution in [1.82, 2.24) is 5.32 Å². The molecule has 1 heterocycles. The molecule has 3 rings (SSSR count). The Kier molecular flexibility index (Phi) is 4.33. The summed E-state index contributed by atoms with van der Waals surface area (Å²) in [6.07, 6.45) is 2.13. The van der Waals surface area contributed by atoms with Gasteiger partial charge in [0.15, 0.2) is 0 Å². The van der Waals surface area contributed by atoms with Crippen molar-refractivity contribution in [2.45, 2.75) is 6.92 Å². The lowest BCUT2D eigenvalue weighted by molar-refractivity contribution is 0.624. The first-order valence-electron chi connectivity index (χ1n) is 7.88. The zero-order valence-corrected chi connectivity index (χ0v) is 13.0. The number of rotatable bonds is 5. The van der Waals surface area contributed by atoms with E-state index >= 15 is 0 Å². The number of hydrogen-bond donors (Lipinski definition) is 2. The van der Waals surface area contributed by atoms with Crippen LogP contribution in [-0.4, -0.2) is 19.6 Å². The lowest BCUT2D eigenvalue weighted by Gasteiger charge is -2.26. The molecule has 3 N–H and O–H groups in total. The maximum atomic E-state index is 5.81. The highest BCUT2D eigenvalue weighted by molar-refractivity contribution is 5.68. The summed E-state index contributed by atoms with van der Waals surface area (Å²) >= 11 is 0. The van der Waals surface area contributed by atoms with Crippen molar-refractivity contribution in [2.75, 3.05) is 24.5 Å². The van der Waals surface area contributed by atoms with Crippen molar-refractivity contribution in [3.8, 4) is 11.1 Å². The second-order valence-corrected chi connectivity index (χ2v) is 5.72. The fourth-order valence-electron chi connectivity index (χ4n) is 2.95. The molecular weight excluding hydrogens is 270 g/mol. The average molecular weight is 293 g/mol. The van der Waals surface area contributed by atoms with Gasteiger partial charge in [0.25, 0.3) is 0 Å². The van der Waals surface area contributed by atoms with Crippen LogP contribution in [-0.2, 0) is 0 Å². The number of nitrogens with two attached hydrogens (primary N) is 1. The Balaban J connectivity index is 1.80. The van der Waals surface area contributed by atoms with Crippen molar-refractivity contribution >= 4 is 5.69 Å². The monoisotopic (exact) mass is 293 g/mol. The molecule has 0 amide bonds. The molecule has 1 aliphatic rings. The first-order valence-corrected chi connectivity index (χ1v) is 7.88. The van der Waals surface area contributed by atoms with E-state index in [0.717, 1.165) is 25.5 Å². The van der Waals surface area contributed by atoms with Crippen LogP contribution < -0.4 is 16.0 Å². The Labute approximate surface area is 132 Å². The van der Waals surface area contributed by atoms with E-state index < -0.39 is 0 Å². The van der Waals surface area contributed by atoms with Gasteiger partial charge in [0, 0.05) is 31.2 Å². The predicted molar refractivity (Wildman–Crippen MR) is 93.5 cm³/mol. The molecule has 0 fully saturated rings. The summed E-state index contributed by atoms with van der Waals surface area (Å²) < 4.78 is 0. The standard InChI is InChI=1S/C19H23N3/c1-2-22(14-15-11-19(20)21-13-15)18-10-6-9-17(12-18)16-7-4-3-5-8-16/h3-12,15,21H,2,13-14,20H2,1H3/t15-/m0/s1. The van der Waals surface area contributed by atoms with Gasteiger partial charge >= 0.3 is 0 Å². The third-order valence-electron chi connectivity index (χ3n) is 4.14. The largest absolute Gasteiger partial charge is 0.386 e. The Morgan fingerprint density at radius 3 is 2.55 bits per heavy atom. The molecule has 22 heavy (non-hydrogen) atoms. The molecule has 2 aromatic rings. The predicted octanol–water partition coefficient (Wildman–Crippen LogP) is 3.20. The topological polar surface area (TPSA) is 41.3 Å². The number of benzene rings is 2. The van der Waals surface area contributed by atoms with Crippen molar-refractivity contribution in [3.63, 3.8) is 0 Å². The van der Waals surface area contributed by atoms with Crippen LogP contribution in [0.1, 0.15) is 6.92 Å². The summed E-state index contributed by atoms with van der Waals surface area (Å²) in [6.45, 7) is 5.11. The number of anilines is 1. The highest BCUT2D eigenvalue weighted by Crippen LogP contribution is 2.25. The van der Waals surface area contributed by atoms with Crippen LogP contribution in [0, 0.1) is 5.92 Å². The van der Waals surface area contributed by atoms with E-state index in [9.17, 15) is 0 Å². The number of nitrogens with zero attached hydrogens (tertiary/aromatic N) is 1. The summed E-state index contributed by atoms with van der Waals surface area (Å²) in [6, 6.07) is 19.3. The smallest absolute Gasteiger partial charge is 0.0923 e. The molecule has 1 aliphatic heterocycles. The zero-order chi connectivity index (χ0) is 15.4. The van der Waals surface area contributed by atoms with Crippen LogP contribution in [0.5, 0.6) is 0 Å². The number of hydrogen-bond acceptors (Lipinski definition) is 3. The molecule has 0 bridgehead atoms. The second kappa shape index (κ2) is 6.56. The maximum absolute atomic E-state index is 5.81. The van der Waals surface area contributed by atoms with Crippen LogP contribution in [0.4, 0.5) is 5.69 Å². The molecule has 1 atom stereocenters. The lowest BCUT2D eigenvalue weighted by atomic mass is 10.0. The molecule has 114 valence electrons. The highest BCUT2D eigenvalue weighted by Gasteiger charge is 2.17. The van der Waals surface area contributed by atoms with Gasteiger partial charge in [-0.05, 0) is 36.3 Å². The Hall–Kier alpha value is -2.42. The normalized spacial score (nSPS) is 17.0. The van der Waals surface area contributed by atoms with Crippen LogP contribution >= 0.6 is 0 Å².